The van der Waals surface area contributed by atoms with Crippen molar-refractivity contribution in [2.45, 2.75) is 43.9 Å². The molecule has 1 aliphatic carbocycles. The standard InChI is InChI=1S/C11H19F3N2O2/c1-16(9-4-2-8(15)3-5-9)10(17)6-18-7-11(12,13)14/h8-9H,2-7,15H2,1H3. The molecule has 0 aromatic rings. The van der Waals surface area contributed by atoms with Gasteiger partial charge in [0, 0.05) is 19.1 Å². The van der Waals surface area contributed by atoms with E-state index in [0.29, 0.717) is 0 Å². The summed E-state index contributed by atoms with van der Waals surface area (Å²) in [6.07, 6.45) is -1.13. The summed E-state index contributed by atoms with van der Waals surface area (Å²) in [4.78, 5) is 13.1. The van der Waals surface area contributed by atoms with Gasteiger partial charge >= 0.3 is 6.18 Å². The highest BCUT2D eigenvalue weighted by Crippen LogP contribution is 2.21. The number of likely N-dealkylation sites (N-methyl/N-ethyl adjacent to an activating group) is 1. The summed E-state index contributed by atoms with van der Waals surface area (Å²) in [6, 6.07) is 0.234. The second-order valence-corrected chi connectivity index (χ2v) is 4.68. The summed E-state index contributed by atoms with van der Waals surface area (Å²) < 4.78 is 39.9. The lowest BCUT2D eigenvalue weighted by Crippen LogP contribution is -2.43. The number of nitrogens with zero attached hydrogens (tertiary/aromatic N) is 1. The second kappa shape index (κ2) is 6.38. The summed E-state index contributed by atoms with van der Waals surface area (Å²) in [5.41, 5.74) is 5.75. The minimum absolute atomic E-state index is 0.0618. The van der Waals surface area contributed by atoms with Gasteiger partial charge in [-0.25, -0.2) is 0 Å². The molecule has 0 heterocycles. The van der Waals surface area contributed by atoms with E-state index in [2.05, 4.69) is 4.74 Å². The molecule has 0 aliphatic heterocycles. The van der Waals surface area contributed by atoms with Gasteiger partial charge < -0.3 is 15.4 Å². The maximum absolute atomic E-state index is 11.8. The third-order valence-electron chi connectivity index (χ3n) is 3.17. The number of hydrogen-bond donors (Lipinski definition) is 1. The van der Waals surface area contributed by atoms with Gasteiger partial charge in [-0.2, -0.15) is 13.2 Å². The van der Waals surface area contributed by atoms with Crippen molar-refractivity contribution in [2.75, 3.05) is 20.3 Å². The number of carbonyl (C=O) groups excluding carboxylic acids is 1. The smallest absolute Gasteiger partial charge is 0.362 e. The zero-order valence-electron chi connectivity index (χ0n) is 10.4. The van der Waals surface area contributed by atoms with Gasteiger partial charge in [-0.1, -0.05) is 0 Å². The van der Waals surface area contributed by atoms with Crippen molar-refractivity contribution in [3.63, 3.8) is 0 Å². The molecule has 1 saturated carbocycles. The lowest BCUT2D eigenvalue weighted by molar-refractivity contribution is -0.178. The Balaban J connectivity index is 2.28. The minimum atomic E-state index is -4.39. The Hall–Kier alpha value is -0.820. The summed E-state index contributed by atoms with van der Waals surface area (Å²) in [7, 11) is 1.60. The number of amides is 1. The van der Waals surface area contributed by atoms with E-state index in [0.717, 1.165) is 25.7 Å². The van der Waals surface area contributed by atoms with Crippen LogP contribution in [0.4, 0.5) is 13.2 Å². The molecule has 0 saturated heterocycles. The third kappa shape index (κ3) is 5.22. The van der Waals surface area contributed by atoms with E-state index in [9.17, 15) is 18.0 Å². The maximum Gasteiger partial charge on any atom is 0.411 e. The van der Waals surface area contributed by atoms with Crippen LogP contribution in [0, 0.1) is 0 Å². The van der Waals surface area contributed by atoms with Crippen LogP contribution in [0.1, 0.15) is 25.7 Å². The number of rotatable bonds is 4. The van der Waals surface area contributed by atoms with E-state index < -0.39 is 25.3 Å². The molecule has 18 heavy (non-hydrogen) atoms. The highest BCUT2D eigenvalue weighted by molar-refractivity contribution is 5.77. The quantitative estimate of drug-likeness (QED) is 0.836. The number of alkyl halides is 3. The van der Waals surface area contributed by atoms with Gasteiger partial charge in [0.2, 0.25) is 5.91 Å². The van der Waals surface area contributed by atoms with Gasteiger partial charge in [-0.15, -0.1) is 0 Å². The average Bonchev–Trinajstić information content (AvgIpc) is 2.27. The topological polar surface area (TPSA) is 55.6 Å². The Morgan fingerprint density at radius 2 is 1.89 bits per heavy atom. The Kier molecular flexibility index (Phi) is 5.40. The molecule has 0 spiro atoms. The predicted molar refractivity (Wildman–Crippen MR) is 59.9 cm³/mol. The molecule has 1 rings (SSSR count). The molecule has 0 atom stereocenters. The fraction of sp³-hybridized carbons (Fsp3) is 0.909. The van der Waals surface area contributed by atoms with Gasteiger partial charge in [-0.05, 0) is 25.7 Å². The highest BCUT2D eigenvalue weighted by Gasteiger charge is 2.29. The number of nitrogens with two attached hydrogens (primary N) is 1. The molecule has 1 aliphatic rings. The molecule has 7 heteroatoms. The number of carbonyl (C=O) groups is 1. The first-order chi connectivity index (χ1) is 8.29. The predicted octanol–water partition coefficient (Wildman–Crippen LogP) is 1.29. The van der Waals surface area contributed by atoms with Crippen LogP contribution in [0.5, 0.6) is 0 Å². The zero-order chi connectivity index (χ0) is 13.8. The summed E-state index contributed by atoms with van der Waals surface area (Å²) >= 11 is 0. The molecular weight excluding hydrogens is 249 g/mol. The minimum Gasteiger partial charge on any atom is -0.362 e. The third-order valence-corrected chi connectivity index (χ3v) is 3.17. The molecule has 4 nitrogen and oxygen atoms in total. The molecule has 0 aromatic carbocycles. The van der Waals surface area contributed by atoms with Crippen LogP contribution in [0.15, 0.2) is 0 Å². The lowest BCUT2D eigenvalue weighted by atomic mass is 9.91. The second-order valence-electron chi connectivity index (χ2n) is 4.68. The van der Waals surface area contributed by atoms with Crippen molar-refractivity contribution < 1.29 is 22.7 Å². The molecule has 106 valence electrons. The maximum atomic E-state index is 11.8. The van der Waals surface area contributed by atoms with Crippen LogP contribution in [0.3, 0.4) is 0 Å². The van der Waals surface area contributed by atoms with E-state index in [-0.39, 0.29) is 12.1 Å². The fourth-order valence-corrected chi connectivity index (χ4v) is 2.05. The summed E-state index contributed by atoms with van der Waals surface area (Å²) in [6.45, 7) is -1.92. The number of halogens is 3. The van der Waals surface area contributed by atoms with Crippen LogP contribution in [0.25, 0.3) is 0 Å². The molecule has 0 unspecified atom stereocenters. The molecule has 1 fully saturated rings. The average molecular weight is 268 g/mol. The first-order valence-electron chi connectivity index (χ1n) is 5.95. The van der Waals surface area contributed by atoms with Gasteiger partial charge in [-0.3, -0.25) is 4.79 Å². The van der Waals surface area contributed by atoms with Crippen LogP contribution in [0.2, 0.25) is 0 Å². The van der Waals surface area contributed by atoms with E-state index in [1.54, 1.807) is 7.05 Å². The Bertz CT molecular complexity index is 276. The fourth-order valence-electron chi connectivity index (χ4n) is 2.05. The van der Waals surface area contributed by atoms with Crippen LogP contribution < -0.4 is 5.73 Å². The first-order valence-corrected chi connectivity index (χ1v) is 5.95. The van der Waals surface area contributed by atoms with Gasteiger partial charge in [0.15, 0.2) is 0 Å². The lowest BCUT2D eigenvalue weighted by Gasteiger charge is -2.33. The molecule has 0 radical (unpaired) electrons. The molecule has 0 aromatic heterocycles. The van der Waals surface area contributed by atoms with Crippen molar-refractivity contribution in [3.05, 3.63) is 0 Å². The van der Waals surface area contributed by atoms with Gasteiger partial charge in [0.1, 0.15) is 13.2 Å². The van der Waals surface area contributed by atoms with Gasteiger partial charge in [0.25, 0.3) is 0 Å². The Morgan fingerprint density at radius 3 is 2.39 bits per heavy atom. The van der Waals surface area contributed by atoms with E-state index in [4.69, 9.17) is 5.73 Å². The SMILES string of the molecule is CN(C(=O)COCC(F)(F)F)C1CCC(N)CC1. The zero-order valence-corrected chi connectivity index (χ0v) is 10.4. The van der Waals surface area contributed by atoms with E-state index >= 15 is 0 Å². The van der Waals surface area contributed by atoms with E-state index in [1.165, 1.54) is 4.90 Å². The summed E-state index contributed by atoms with van der Waals surface area (Å²) in [5.74, 6) is -0.417. The Labute approximate surface area is 104 Å². The van der Waals surface area contributed by atoms with E-state index in [1.807, 2.05) is 0 Å². The summed E-state index contributed by atoms with van der Waals surface area (Å²) in [5, 5.41) is 0. The largest absolute Gasteiger partial charge is 0.411 e. The monoisotopic (exact) mass is 268 g/mol. The van der Waals surface area contributed by atoms with Crippen molar-refractivity contribution in [2.24, 2.45) is 5.73 Å². The van der Waals surface area contributed by atoms with Crippen molar-refractivity contribution in [1.29, 1.82) is 0 Å². The molecule has 0 bridgehead atoms. The van der Waals surface area contributed by atoms with Crippen LogP contribution >= 0.6 is 0 Å². The van der Waals surface area contributed by atoms with Gasteiger partial charge in [0.05, 0.1) is 0 Å². The normalized spacial score (nSPS) is 24.9. The molecule has 1 amide bonds. The molecular formula is C11H19F3N2O2. The van der Waals surface area contributed by atoms with Crippen LogP contribution in [-0.2, 0) is 9.53 Å². The first kappa shape index (κ1) is 15.2. The van der Waals surface area contributed by atoms with Crippen molar-refractivity contribution in [1.82, 2.24) is 4.90 Å². The number of hydrogen-bond acceptors (Lipinski definition) is 3. The number of ether oxygens (including phenoxy) is 1. The van der Waals surface area contributed by atoms with Crippen molar-refractivity contribution in [3.8, 4) is 0 Å². The highest BCUT2D eigenvalue weighted by atomic mass is 19.4. The molecule has 2 N–H and O–H groups in total. The Morgan fingerprint density at radius 1 is 1.33 bits per heavy atom. The van der Waals surface area contributed by atoms with Crippen molar-refractivity contribution >= 4 is 5.91 Å². The van der Waals surface area contributed by atoms with Crippen LogP contribution in [-0.4, -0.2) is 49.3 Å².